The zero-order chi connectivity index (χ0) is 19.2. The van der Waals surface area contributed by atoms with Gasteiger partial charge in [0, 0.05) is 18.2 Å². The molecule has 0 bridgehead atoms. The van der Waals surface area contributed by atoms with Gasteiger partial charge in [0.05, 0.1) is 17.6 Å². The molecule has 0 radical (unpaired) electrons. The second-order valence-corrected chi connectivity index (χ2v) is 6.21. The molecule has 150 valence electrons. The van der Waals surface area contributed by atoms with Crippen LogP contribution >= 0.6 is 12.4 Å². The van der Waals surface area contributed by atoms with Crippen LogP contribution in [0.3, 0.4) is 0 Å². The van der Waals surface area contributed by atoms with E-state index >= 15 is 0 Å². The van der Waals surface area contributed by atoms with Gasteiger partial charge in [-0.25, -0.2) is 0 Å². The Kier molecular flexibility index (Phi) is 7.60. The van der Waals surface area contributed by atoms with Crippen LogP contribution in [0, 0.1) is 10.1 Å². The Labute approximate surface area is 168 Å². The normalized spacial score (nSPS) is 13.9. The fraction of sp³-hybridized carbons (Fsp3) is 0.316. The number of nitrogens with one attached hydrogen (secondary N) is 2. The average Bonchev–Trinajstić information content (AvgIpc) is 2.69. The van der Waals surface area contributed by atoms with E-state index in [1.54, 1.807) is 31.4 Å². The number of nitrogens with zero attached hydrogens (tertiary/aromatic N) is 1. The number of carbonyl (C=O) groups excluding carboxylic acids is 1. The number of halogens is 1. The van der Waals surface area contributed by atoms with Crippen molar-refractivity contribution < 1.29 is 19.2 Å². The van der Waals surface area contributed by atoms with Crippen molar-refractivity contribution in [3.63, 3.8) is 0 Å². The Morgan fingerprint density at radius 1 is 1.14 bits per heavy atom. The van der Waals surface area contributed by atoms with Crippen LogP contribution in [0.4, 0.5) is 5.69 Å². The first kappa shape index (κ1) is 21.5. The number of piperidine rings is 1. The fourth-order valence-corrected chi connectivity index (χ4v) is 2.90. The summed E-state index contributed by atoms with van der Waals surface area (Å²) in [5.74, 6) is 1.06. The van der Waals surface area contributed by atoms with E-state index in [0.29, 0.717) is 11.5 Å². The smallest absolute Gasteiger partial charge is 0.270 e. The number of ether oxygens (including phenoxy) is 2. The Bertz CT molecular complexity index is 823. The first-order valence-corrected chi connectivity index (χ1v) is 8.69. The topological polar surface area (TPSA) is 103 Å². The van der Waals surface area contributed by atoms with Crippen LogP contribution in [-0.4, -0.2) is 37.1 Å². The van der Waals surface area contributed by atoms with E-state index < -0.39 is 4.92 Å². The molecular weight excluding hydrogens is 386 g/mol. The molecule has 1 amide bonds. The Balaban J connectivity index is 0.00000280. The molecule has 0 atom stereocenters. The van der Waals surface area contributed by atoms with Crippen molar-refractivity contribution in [1.82, 2.24) is 10.6 Å². The fourth-order valence-electron chi connectivity index (χ4n) is 2.90. The highest BCUT2D eigenvalue weighted by Gasteiger charge is 2.22. The van der Waals surface area contributed by atoms with Crippen molar-refractivity contribution >= 4 is 24.0 Å². The monoisotopic (exact) mass is 407 g/mol. The van der Waals surface area contributed by atoms with Crippen LogP contribution in [0.2, 0.25) is 0 Å². The molecule has 3 rings (SSSR count). The predicted octanol–water partition coefficient (Wildman–Crippen LogP) is 3.30. The Morgan fingerprint density at radius 2 is 1.79 bits per heavy atom. The second-order valence-electron chi connectivity index (χ2n) is 6.21. The molecule has 0 aromatic heterocycles. The van der Waals surface area contributed by atoms with Crippen LogP contribution in [-0.2, 0) is 0 Å². The first-order chi connectivity index (χ1) is 13.1. The maximum absolute atomic E-state index is 12.7. The summed E-state index contributed by atoms with van der Waals surface area (Å²) in [5, 5.41) is 17.3. The lowest BCUT2D eigenvalue weighted by Gasteiger charge is -2.24. The third-order valence-electron chi connectivity index (χ3n) is 4.38. The predicted molar refractivity (Wildman–Crippen MR) is 107 cm³/mol. The van der Waals surface area contributed by atoms with Gasteiger partial charge in [-0.2, -0.15) is 0 Å². The molecule has 0 spiro atoms. The number of carbonyl (C=O) groups is 1. The zero-order valence-corrected chi connectivity index (χ0v) is 16.2. The highest BCUT2D eigenvalue weighted by molar-refractivity contribution is 5.98. The molecule has 0 aliphatic carbocycles. The summed E-state index contributed by atoms with van der Waals surface area (Å²) < 4.78 is 10.9. The van der Waals surface area contributed by atoms with E-state index in [4.69, 9.17) is 9.47 Å². The molecule has 1 heterocycles. The van der Waals surface area contributed by atoms with Crippen molar-refractivity contribution in [3.8, 4) is 17.2 Å². The number of non-ortho nitro benzene ring substituents is 1. The van der Waals surface area contributed by atoms with Gasteiger partial charge in [-0.1, -0.05) is 0 Å². The lowest BCUT2D eigenvalue weighted by Crippen LogP contribution is -2.42. The van der Waals surface area contributed by atoms with E-state index in [0.717, 1.165) is 25.9 Å². The van der Waals surface area contributed by atoms with Crippen LogP contribution in [0.15, 0.2) is 42.5 Å². The van der Waals surface area contributed by atoms with Crippen LogP contribution in [0.5, 0.6) is 17.2 Å². The van der Waals surface area contributed by atoms with Gasteiger partial charge in [-0.15, -0.1) is 12.4 Å². The molecule has 0 unspecified atom stereocenters. The van der Waals surface area contributed by atoms with E-state index in [-0.39, 0.29) is 41.4 Å². The lowest BCUT2D eigenvalue weighted by molar-refractivity contribution is -0.384. The molecule has 2 aromatic carbocycles. The van der Waals surface area contributed by atoms with Crippen LogP contribution in [0.25, 0.3) is 0 Å². The van der Waals surface area contributed by atoms with Gasteiger partial charge in [-0.05, 0) is 56.3 Å². The van der Waals surface area contributed by atoms with Gasteiger partial charge >= 0.3 is 0 Å². The van der Waals surface area contributed by atoms with Crippen molar-refractivity contribution in [2.45, 2.75) is 18.9 Å². The number of nitro benzene ring substituents is 1. The summed E-state index contributed by atoms with van der Waals surface area (Å²) in [5.41, 5.74) is -0.0221. The number of nitro groups is 1. The lowest BCUT2D eigenvalue weighted by atomic mass is 10.1. The summed E-state index contributed by atoms with van der Waals surface area (Å²) in [7, 11) is 1.56. The molecule has 8 nitrogen and oxygen atoms in total. The maximum Gasteiger partial charge on any atom is 0.270 e. The highest BCUT2D eigenvalue weighted by atomic mass is 35.5. The Morgan fingerprint density at radius 3 is 2.39 bits per heavy atom. The van der Waals surface area contributed by atoms with Crippen molar-refractivity contribution in [3.05, 3.63) is 58.1 Å². The first-order valence-electron chi connectivity index (χ1n) is 8.69. The minimum Gasteiger partial charge on any atom is -0.497 e. The van der Waals surface area contributed by atoms with Crippen molar-refractivity contribution in [2.75, 3.05) is 20.2 Å². The molecule has 1 aliphatic rings. The summed E-state index contributed by atoms with van der Waals surface area (Å²) >= 11 is 0. The number of rotatable bonds is 6. The SMILES string of the molecule is COc1ccc(Oc2ccc([N+](=O)[O-])cc2C(=O)NC2CCNCC2)cc1.Cl. The Hall–Kier alpha value is -2.84. The highest BCUT2D eigenvalue weighted by Crippen LogP contribution is 2.30. The molecule has 1 fully saturated rings. The van der Waals surface area contributed by atoms with Gasteiger partial charge in [0.1, 0.15) is 17.2 Å². The minimum atomic E-state index is -0.529. The summed E-state index contributed by atoms with van der Waals surface area (Å²) in [4.78, 5) is 23.3. The molecule has 9 heteroatoms. The molecule has 0 saturated carbocycles. The third kappa shape index (κ3) is 5.34. The molecule has 2 aromatic rings. The van der Waals surface area contributed by atoms with Crippen LogP contribution in [0.1, 0.15) is 23.2 Å². The number of hydrogen-bond acceptors (Lipinski definition) is 6. The summed E-state index contributed by atoms with van der Waals surface area (Å²) in [6.07, 6.45) is 1.63. The number of hydrogen-bond donors (Lipinski definition) is 2. The quantitative estimate of drug-likeness (QED) is 0.562. The summed E-state index contributed by atoms with van der Waals surface area (Å²) in [6, 6.07) is 10.9. The molecule has 2 N–H and O–H groups in total. The van der Waals surface area contributed by atoms with Gasteiger partial charge < -0.3 is 20.1 Å². The number of methoxy groups -OCH3 is 1. The zero-order valence-electron chi connectivity index (χ0n) is 15.3. The van der Waals surface area contributed by atoms with Gasteiger partial charge in [0.2, 0.25) is 0 Å². The number of benzene rings is 2. The molecule has 28 heavy (non-hydrogen) atoms. The number of amides is 1. The molecule has 1 saturated heterocycles. The van der Waals surface area contributed by atoms with E-state index in [1.165, 1.54) is 18.2 Å². The molecule has 1 aliphatic heterocycles. The van der Waals surface area contributed by atoms with E-state index in [1.807, 2.05) is 0 Å². The standard InChI is InChI=1S/C19H21N3O5.ClH/c1-26-15-3-5-16(6-4-15)27-18-7-2-14(22(24)25)12-17(18)19(23)21-13-8-10-20-11-9-13;/h2-7,12-13,20H,8-11H2,1H3,(H,21,23);1H. The van der Waals surface area contributed by atoms with E-state index in [9.17, 15) is 14.9 Å². The van der Waals surface area contributed by atoms with E-state index in [2.05, 4.69) is 10.6 Å². The van der Waals surface area contributed by atoms with Gasteiger partial charge in [-0.3, -0.25) is 14.9 Å². The molecular formula is C19H22ClN3O5. The summed E-state index contributed by atoms with van der Waals surface area (Å²) in [6.45, 7) is 1.66. The average molecular weight is 408 g/mol. The van der Waals surface area contributed by atoms with Crippen molar-refractivity contribution in [1.29, 1.82) is 0 Å². The van der Waals surface area contributed by atoms with Gasteiger partial charge in [0.25, 0.3) is 11.6 Å². The largest absolute Gasteiger partial charge is 0.497 e. The maximum atomic E-state index is 12.7. The van der Waals surface area contributed by atoms with Crippen LogP contribution < -0.4 is 20.1 Å². The van der Waals surface area contributed by atoms with Gasteiger partial charge in [0.15, 0.2) is 0 Å². The third-order valence-corrected chi connectivity index (χ3v) is 4.38. The minimum absolute atomic E-state index is 0. The second kappa shape index (κ2) is 9.91. The van der Waals surface area contributed by atoms with Crippen molar-refractivity contribution in [2.24, 2.45) is 0 Å².